The van der Waals surface area contributed by atoms with E-state index >= 15 is 0 Å². The van der Waals surface area contributed by atoms with Crippen LogP contribution >= 0.6 is 11.6 Å². The van der Waals surface area contributed by atoms with Gasteiger partial charge in [0.25, 0.3) is 5.95 Å². The van der Waals surface area contributed by atoms with E-state index in [2.05, 4.69) is 9.72 Å². The van der Waals surface area contributed by atoms with Gasteiger partial charge in [0.2, 0.25) is 0 Å². The van der Waals surface area contributed by atoms with Crippen molar-refractivity contribution in [1.29, 1.82) is 0 Å². The van der Waals surface area contributed by atoms with Crippen molar-refractivity contribution in [3.63, 3.8) is 0 Å². The van der Waals surface area contributed by atoms with Crippen LogP contribution in [0.2, 0.25) is 0 Å². The molecule has 2 nitrogen and oxygen atoms in total. The fourth-order valence-corrected chi connectivity index (χ4v) is 1.22. The standard InChI is InChI=1S/C8H3ClF7NO/c9-2-3-1-4(7(11,12)13)17-6(10)5(3)18-8(14,15)16/h1H,2H2. The highest BCUT2D eigenvalue weighted by molar-refractivity contribution is 6.17. The Morgan fingerprint density at radius 3 is 2.11 bits per heavy atom. The van der Waals surface area contributed by atoms with Crippen LogP contribution in [-0.2, 0) is 12.1 Å². The Bertz CT molecular complexity index is 442. The maximum absolute atomic E-state index is 13.1. The molecule has 0 unspecified atom stereocenters. The van der Waals surface area contributed by atoms with Gasteiger partial charge in [-0.3, -0.25) is 0 Å². The molecule has 0 saturated heterocycles. The average molecular weight is 298 g/mol. The second-order valence-corrected chi connectivity index (χ2v) is 3.23. The third kappa shape index (κ3) is 3.62. The lowest BCUT2D eigenvalue weighted by Crippen LogP contribution is -2.20. The van der Waals surface area contributed by atoms with Crippen molar-refractivity contribution in [2.24, 2.45) is 0 Å². The Morgan fingerprint density at radius 2 is 1.72 bits per heavy atom. The minimum absolute atomic E-state index is 0.192. The van der Waals surface area contributed by atoms with Gasteiger partial charge in [-0.2, -0.15) is 17.6 Å². The first-order valence-corrected chi connectivity index (χ1v) is 4.66. The maximum Gasteiger partial charge on any atom is 0.573 e. The summed E-state index contributed by atoms with van der Waals surface area (Å²) in [5.74, 6) is -4.29. The highest BCUT2D eigenvalue weighted by Gasteiger charge is 2.38. The fraction of sp³-hybridized carbons (Fsp3) is 0.375. The van der Waals surface area contributed by atoms with Crippen molar-refractivity contribution < 1.29 is 35.5 Å². The second kappa shape index (κ2) is 4.79. The zero-order valence-corrected chi connectivity index (χ0v) is 8.92. The van der Waals surface area contributed by atoms with Crippen LogP contribution in [0.15, 0.2) is 6.07 Å². The number of rotatable bonds is 2. The predicted molar refractivity (Wildman–Crippen MR) is 45.4 cm³/mol. The van der Waals surface area contributed by atoms with Crippen LogP contribution < -0.4 is 4.74 Å². The molecule has 1 heterocycles. The van der Waals surface area contributed by atoms with E-state index < -0.39 is 41.4 Å². The topological polar surface area (TPSA) is 22.1 Å². The van der Waals surface area contributed by atoms with Gasteiger partial charge in [-0.25, -0.2) is 4.98 Å². The second-order valence-electron chi connectivity index (χ2n) is 2.97. The van der Waals surface area contributed by atoms with Crippen LogP contribution in [0.4, 0.5) is 30.7 Å². The van der Waals surface area contributed by atoms with E-state index in [1.807, 2.05) is 0 Å². The van der Waals surface area contributed by atoms with Crippen molar-refractivity contribution >= 4 is 11.6 Å². The molecular formula is C8H3ClF7NO. The Kier molecular flexibility index (Phi) is 3.94. The predicted octanol–water partition coefficient (Wildman–Crippen LogP) is 3.88. The van der Waals surface area contributed by atoms with Crippen molar-refractivity contribution in [3.05, 3.63) is 23.3 Å². The summed E-state index contributed by atoms with van der Waals surface area (Å²) in [4.78, 5) is 2.36. The number of aromatic nitrogens is 1. The van der Waals surface area contributed by atoms with Crippen LogP contribution in [0.5, 0.6) is 5.75 Å². The molecule has 0 aromatic carbocycles. The van der Waals surface area contributed by atoms with Crippen molar-refractivity contribution in [2.45, 2.75) is 18.4 Å². The monoisotopic (exact) mass is 297 g/mol. The lowest BCUT2D eigenvalue weighted by molar-refractivity contribution is -0.276. The zero-order chi connectivity index (χ0) is 14.1. The minimum Gasteiger partial charge on any atom is -0.401 e. The van der Waals surface area contributed by atoms with E-state index in [1.165, 1.54) is 0 Å². The number of hydrogen-bond acceptors (Lipinski definition) is 2. The summed E-state index contributed by atoms with van der Waals surface area (Å²) in [5.41, 5.74) is -2.49. The molecule has 18 heavy (non-hydrogen) atoms. The number of ether oxygens (including phenoxy) is 1. The molecule has 0 radical (unpaired) electrons. The summed E-state index contributed by atoms with van der Waals surface area (Å²) >= 11 is 5.15. The molecule has 0 aliphatic heterocycles. The summed E-state index contributed by atoms with van der Waals surface area (Å²) in [6.45, 7) is 0. The van der Waals surface area contributed by atoms with Crippen LogP contribution in [0.1, 0.15) is 11.3 Å². The largest absolute Gasteiger partial charge is 0.573 e. The molecule has 0 spiro atoms. The smallest absolute Gasteiger partial charge is 0.401 e. The molecule has 1 aromatic heterocycles. The van der Waals surface area contributed by atoms with Gasteiger partial charge in [0.05, 0.1) is 5.88 Å². The molecule has 0 fully saturated rings. The summed E-state index contributed by atoms with van der Waals surface area (Å²) in [6.07, 6.45) is -10.3. The first-order valence-electron chi connectivity index (χ1n) is 4.13. The number of alkyl halides is 7. The van der Waals surface area contributed by atoms with Gasteiger partial charge in [-0.1, -0.05) is 0 Å². The number of pyridine rings is 1. The molecule has 0 saturated carbocycles. The van der Waals surface area contributed by atoms with Gasteiger partial charge in [-0.05, 0) is 6.07 Å². The van der Waals surface area contributed by atoms with Gasteiger partial charge < -0.3 is 4.74 Å². The molecule has 0 amide bonds. The van der Waals surface area contributed by atoms with E-state index in [9.17, 15) is 30.7 Å². The lowest BCUT2D eigenvalue weighted by atomic mass is 10.2. The molecule has 1 rings (SSSR count). The molecule has 0 N–H and O–H groups in total. The van der Waals surface area contributed by atoms with E-state index in [-0.39, 0.29) is 6.07 Å². The quantitative estimate of drug-likeness (QED) is 0.469. The molecule has 102 valence electrons. The number of halogens is 8. The molecular weight excluding hydrogens is 295 g/mol. The maximum atomic E-state index is 13.1. The highest BCUT2D eigenvalue weighted by atomic mass is 35.5. The highest BCUT2D eigenvalue weighted by Crippen LogP contribution is 2.35. The summed E-state index contributed by atoms with van der Waals surface area (Å²) < 4.78 is 88.6. The van der Waals surface area contributed by atoms with Gasteiger partial charge in [0.15, 0.2) is 5.75 Å². The minimum atomic E-state index is -5.26. The average Bonchev–Trinajstić information content (AvgIpc) is 2.17. The third-order valence-corrected chi connectivity index (χ3v) is 1.95. The molecule has 0 aliphatic carbocycles. The summed E-state index contributed by atoms with van der Waals surface area (Å²) in [5, 5.41) is 0. The third-order valence-electron chi connectivity index (χ3n) is 1.66. The van der Waals surface area contributed by atoms with Crippen molar-refractivity contribution in [3.8, 4) is 5.75 Å². The van der Waals surface area contributed by atoms with Crippen LogP contribution in [0.3, 0.4) is 0 Å². The molecule has 0 atom stereocenters. The first kappa shape index (κ1) is 14.8. The number of nitrogens with zero attached hydrogens (tertiary/aromatic N) is 1. The summed E-state index contributed by atoms with van der Waals surface area (Å²) in [7, 11) is 0. The molecule has 0 bridgehead atoms. The lowest BCUT2D eigenvalue weighted by Gasteiger charge is -2.14. The van der Waals surface area contributed by atoms with Crippen LogP contribution in [-0.4, -0.2) is 11.3 Å². The summed E-state index contributed by atoms with van der Waals surface area (Å²) in [6, 6.07) is 0.192. The molecule has 10 heteroatoms. The Morgan fingerprint density at radius 1 is 1.17 bits per heavy atom. The zero-order valence-electron chi connectivity index (χ0n) is 8.16. The van der Waals surface area contributed by atoms with Gasteiger partial charge >= 0.3 is 12.5 Å². The normalized spacial score (nSPS) is 12.7. The van der Waals surface area contributed by atoms with Crippen molar-refractivity contribution in [1.82, 2.24) is 4.98 Å². The van der Waals surface area contributed by atoms with E-state index in [1.54, 1.807) is 0 Å². The van der Waals surface area contributed by atoms with Gasteiger partial charge in [0, 0.05) is 5.56 Å². The SMILES string of the molecule is Fc1nc(C(F)(F)F)cc(CCl)c1OC(F)(F)F. The van der Waals surface area contributed by atoms with Gasteiger partial charge in [-0.15, -0.1) is 24.8 Å². The Balaban J connectivity index is 3.29. The Labute approximate surface area is 100 Å². The van der Waals surface area contributed by atoms with E-state index in [0.29, 0.717) is 0 Å². The van der Waals surface area contributed by atoms with E-state index in [4.69, 9.17) is 11.6 Å². The molecule has 0 aliphatic rings. The number of hydrogen-bond donors (Lipinski definition) is 0. The van der Waals surface area contributed by atoms with Crippen LogP contribution in [0.25, 0.3) is 0 Å². The van der Waals surface area contributed by atoms with Gasteiger partial charge in [0.1, 0.15) is 5.69 Å². The Hall–Kier alpha value is -1.25. The first-order chi connectivity index (χ1) is 8.04. The fourth-order valence-electron chi connectivity index (χ4n) is 1.02. The van der Waals surface area contributed by atoms with Crippen LogP contribution in [0, 0.1) is 5.95 Å². The van der Waals surface area contributed by atoms with Crippen molar-refractivity contribution in [2.75, 3.05) is 0 Å². The molecule has 1 aromatic rings. The van der Waals surface area contributed by atoms with E-state index in [0.717, 1.165) is 0 Å².